The molecule has 0 aliphatic carbocycles. The monoisotopic (exact) mass is 176 g/mol. The largest absolute Gasteiger partial charge is 0.350 e. The van der Waals surface area contributed by atoms with Crippen molar-refractivity contribution in [1.82, 2.24) is 10.6 Å². The van der Waals surface area contributed by atoms with Crippen LogP contribution in [-0.4, -0.2) is 37.4 Å². The zero-order chi connectivity index (χ0) is 8.69. The number of nitrogens with one attached hydrogen (secondary N) is 2. The highest BCUT2D eigenvalue weighted by Crippen LogP contribution is 2.07. The Morgan fingerprint density at radius 2 is 2.27 bits per heavy atom. The first-order valence-electron chi connectivity index (χ1n) is 3.22. The van der Waals surface area contributed by atoms with E-state index >= 15 is 0 Å². The van der Waals surface area contributed by atoms with Crippen LogP contribution in [-0.2, 0) is 4.79 Å². The van der Waals surface area contributed by atoms with Gasteiger partial charge in [-0.15, -0.1) is 0 Å². The van der Waals surface area contributed by atoms with Gasteiger partial charge in [0.1, 0.15) is 6.29 Å². The Morgan fingerprint density at radius 3 is 2.64 bits per heavy atom. The van der Waals surface area contributed by atoms with E-state index in [0.29, 0.717) is 6.54 Å². The lowest BCUT2D eigenvalue weighted by Crippen LogP contribution is -2.26. The van der Waals surface area contributed by atoms with E-state index in [1.807, 2.05) is 0 Å². The number of thioether (sulfide) groups is 1. The van der Waals surface area contributed by atoms with Gasteiger partial charge < -0.3 is 15.4 Å². The summed E-state index contributed by atoms with van der Waals surface area (Å²) >= 11 is 0.989. The van der Waals surface area contributed by atoms with Gasteiger partial charge in [0.2, 0.25) is 0 Å². The van der Waals surface area contributed by atoms with Crippen molar-refractivity contribution >= 4 is 23.3 Å². The van der Waals surface area contributed by atoms with Crippen molar-refractivity contribution in [2.45, 2.75) is 5.25 Å². The van der Waals surface area contributed by atoms with Crippen LogP contribution < -0.4 is 10.6 Å². The fourth-order valence-electron chi connectivity index (χ4n) is 0.515. The molecule has 64 valence electrons. The highest BCUT2D eigenvalue weighted by Gasteiger charge is 2.10. The molecule has 0 radical (unpaired) electrons. The van der Waals surface area contributed by atoms with Crippen molar-refractivity contribution in [1.29, 1.82) is 0 Å². The van der Waals surface area contributed by atoms with Gasteiger partial charge in [-0.1, -0.05) is 11.8 Å². The second-order valence-electron chi connectivity index (χ2n) is 1.89. The standard InChI is InChI=1S/C6H12N2O2S/c1-7-3-5(4-9)11-6(10)8-2/h4-5,7H,3H2,1-2H3,(H,8,10). The quantitative estimate of drug-likeness (QED) is 0.585. The lowest BCUT2D eigenvalue weighted by atomic mass is 10.5. The highest BCUT2D eigenvalue weighted by molar-refractivity contribution is 8.14. The Labute approximate surface area is 70.1 Å². The normalized spacial score (nSPS) is 12.2. The Morgan fingerprint density at radius 1 is 1.64 bits per heavy atom. The number of carbonyl (C=O) groups excluding carboxylic acids is 2. The Hall–Kier alpha value is -0.550. The summed E-state index contributed by atoms with van der Waals surface area (Å²) < 4.78 is 0. The molecule has 0 aromatic heterocycles. The average molecular weight is 176 g/mol. The maximum absolute atomic E-state index is 10.7. The van der Waals surface area contributed by atoms with Crippen LogP contribution in [0, 0.1) is 0 Å². The maximum Gasteiger partial charge on any atom is 0.279 e. The first kappa shape index (κ1) is 10.4. The summed E-state index contributed by atoms with van der Waals surface area (Å²) in [6.45, 7) is 0.515. The molecule has 1 atom stereocenters. The predicted octanol–water partition coefficient (Wildman–Crippen LogP) is -0.154. The van der Waals surface area contributed by atoms with E-state index in [0.717, 1.165) is 18.0 Å². The Balaban J connectivity index is 3.67. The number of hydrogen-bond donors (Lipinski definition) is 2. The van der Waals surface area contributed by atoms with Crippen LogP contribution in [0.1, 0.15) is 0 Å². The van der Waals surface area contributed by atoms with Gasteiger partial charge in [-0.3, -0.25) is 4.79 Å². The molecule has 0 saturated heterocycles. The summed E-state index contributed by atoms with van der Waals surface area (Å²) in [5.74, 6) is 0. The van der Waals surface area contributed by atoms with Crippen molar-refractivity contribution in [3.05, 3.63) is 0 Å². The molecule has 0 spiro atoms. The topological polar surface area (TPSA) is 58.2 Å². The SMILES string of the molecule is CNCC(C=O)SC(=O)NC. The molecule has 4 nitrogen and oxygen atoms in total. The van der Waals surface area contributed by atoms with Gasteiger partial charge in [-0.2, -0.15) is 0 Å². The van der Waals surface area contributed by atoms with E-state index in [2.05, 4.69) is 10.6 Å². The zero-order valence-corrected chi connectivity index (χ0v) is 7.40. The Kier molecular flexibility index (Phi) is 5.87. The van der Waals surface area contributed by atoms with Gasteiger partial charge in [0.05, 0.1) is 5.25 Å². The van der Waals surface area contributed by atoms with Crippen molar-refractivity contribution in [2.24, 2.45) is 0 Å². The van der Waals surface area contributed by atoms with Crippen molar-refractivity contribution in [3.63, 3.8) is 0 Å². The van der Waals surface area contributed by atoms with E-state index in [-0.39, 0.29) is 10.5 Å². The maximum atomic E-state index is 10.7. The van der Waals surface area contributed by atoms with E-state index in [4.69, 9.17) is 0 Å². The van der Waals surface area contributed by atoms with Crippen LogP contribution in [0.15, 0.2) is 0 Å². The van der Waals surface area contributed by atoms with Crippen LogP contribution in [0.25, 0.3) is 0 Å². The van der Waals surface area contributed by atoms with Crippen LogP contribution >= 0.6 is 11.8 Å². The second kappa shape index (κ2) is 6.18. The minimum Gasteiger partial charge on any atom is -0.350 e. The molecule has 0 aromatic rings. The summed E-state index contributed by atoms with van der Waals surface area (Å²) in [4.78, 5) is 21.0. The molecule has 0 saturated carbocycles. The van der Waals surface area contributed by atoms with Crippen LogP contribution in [0.3, 0.4) is 0 Å². The molecule has 0 fully saturated rings. The van der Waals surface area contributed by atoms with Crippen molar-refractivity contribution < 1.29 is 9.59 Å². The molecule has 5 heteroatoms. The molecule has 0 heterocycles. The molecule has 0 rings (SSSR count). The molecule has 0 aliphatic rings. The second-order valence-corrected chi connectivity index (χ2v) is 3.10. The zero-order valence-electron chi connectivity index (χ0n) is 6.59. The number of carbonyl (C=O) groups is 2. The number of amides is 1. The summed E-state index contributed by atoms with van der Waals surface area (Å²) in [5, 5.41) is 4.77. The average Bonchev–Trinajstić information content (AvgIpc) is 2.03. The molecular weight excluding hydrogens is 164 g/mol. The number of aldehydes is 1. The molecule has 0 aromatic carbocycles. The van der Waals surface area contributed by atoms with E-state index < -0.39 is 0 Å². The van der Waals surface area contributed by atoms with Crippen LogP contribution in [0.5, 0.6) is 0 Å². The molecule has 2 N–H and O–H groups in total. The Bertz CT molecular complexity index is 141. The van der Waals surface area contributed by atoms with E-state index in [1.54, 1.807) is 7.05 Å². The van der Waals surface area contributed by atoms with Gasteiger partial charge in [0.25, 0.3) is 5.24 Å². The van der Waals surface area contributed by atoms with Gasteiger partial charge in [0, 0.05) is 13.6 Å². The fraction of sp³-hybridized carbons (Fsp3) is 0.667. The van der Waals surface area contributed by atoms with Crippen LogP contribution in [0.4, 0.5) is 4.79 Å². The van der Waals surface area contributed by atoms with E-state index in [1.165, 1.54) is 7.05 Å². The van der Waals surface area contributed by atoms with Crippen LogP contribution in [0.2, 0.25) is 0 Å². The first-order valence-corrected chi connectivity index (χ1v) is 4.10. The van der Waals surface area contributed by atoms with Gasteiger partial charge in [-0.25, -0.2) is 0 Å². The minimum absolute atomic E-state index is 0.183. The van der Waals surface area contributed by atoms with Gasteiger partial charge in [-0.05, 0) is 7.05 Å². The van der Waals surface area contributed by atoms with Crippen molar-refractivity contribution in [3.8, 4) is 0 Å². The van der Waals surface area contributed by atoms with Gasteiger partial charge in [0.15, 0.2) is 0 Å². The molecule has 1 unspecified atom stereocenters. The lowest BCUT2D eigenvalue weighted by Gasteiger charge is -2.06. The minimum atomic E-state index is -0.292. The number of rotatable bonds is 4. The van der Waals surface area contributed by atoms with Crippen molar-refractivity contribution in [2.75, 3.05) is 20.6 Å². The predicted molar refractivity (Wildman–Crippen MR) is 45.8 cm³/mol. The smallest absolute Gasteiger partial charge is 0.279 e. The highest BCUT2D eigenvalue weighted by atomic mass is 32.2. The van der Waals surface area contributed by atoms with E-state index in [9.17, 15) is 9.59 Å². The number of hydrogen-bond acceptors (Lipinski definition) is 4. The summed E-state index contributed by atoms with van der Waals surface area (Å²) in [7, 11) is 3.28. The third-order valence-corrected chi connectivity index (χ3v) is 2.02. The fourth-order valence-corrected chi connectivity index (χ4v) is 1.21. The van der Waals surface area contributed by atoms with Gasteiger partial charge >= 0.3 is 0 Å². The molecule has 1 amide bonds. The molecule has 11 heavy (non-hydrogen) atoms. The summed E-state index contributed by atoms with van der Waals surface area (Å²) in [5.41, 5.74) is 0. The first-order chi connectivity index (χ1) is 5.24. The third-order valence-electron chi connectivity index (χ3n) is 1.02. The molecule has 0 aliphatic heterocycles. The molecule has 0 bridgehead atoms. The molecular formula is C6H12N2O2S. The summed E-state index contributed by atoms with van der Waals surface area (Å²) in [6, 6.07) is 0. The lowest BCUT2D eigenvalue weighted by molar-refractivity contribution is -0.107. The summed E-state index contributed by atoms with van der Waals surface area (Å²) in [6.07, 6.45) is 0.760. The third kappa shape index (κ3) is 4.80.